The molecular formula is C16H20N2O2. The fourth-order valence-electron chi connectivity index (χ4n) is 3.68. The van der Waals surface area contributed by atoms with Crippen LogP contribution in [-0.2, 0) is 15.0 Å². The van der Waals surface area contributed by atoms with Crippen molar-refractivity contribution >= 4 is 11.8 Å². The summed E-state index contributed by atoms with van der Waals surface area (Å²) >= 11 is 0. The van der Waals surface area contributed by atoms with Crippen LogP contribution >= 0.6 is 0 Å². The van der Waals surface area contributed by atoms with E-state index in [0.717, 1.165) is 31.5 Å². The van der Waals surface area contributed by atoms with Crippen molar-refractivity contribution in [2.45, 2.75) is 31.1 Å². The van der Waals surface area contributed by atoms with E-state index in [4.69, 9.17) is 0 Å². The van der Waals surface area contributed by atoms with Gasteiger partial charge in [-0.05, 0) is 43.8 Å². The molecule has 2 N–H and O–H groups in total. The van der Waals surface area contributed by atoms with E-state index in [-0.39, 0.29) is 11.8 Å². The van der Waals surface area contributed by atoms with Crippen LogP contribution in [0.4, 0.5) is 0 Å². The summed E-state index contributed by atoms with van der Waals surface area (Å²) in [6.45, 7) is 1.89. The van der Waals surface area contributed by atoms with Crippen LogP contribution in [0.15, 0.2) is 30.3 Å². The third-order valence-electron chi connectivity index (χ3n) is 4.73. The summed E-state index contributed by atoms with van der Waals surface area (Å²) in [6.07, 6.45) is 3.03. The highest BCUT2D eigenvalue weighted by molar-refractivity contribution is 6.03. The lowest BCUT2D eigenvalue weighted by atomic mass is 9.62. The molecule has 2 heterocycles. The number of hydrogen-bond acceptors (Lipinski definition) is 3. The Morgan fingerprint density at radius 1 is 1.05 bits per heavy atom. The first-order chi connectivity index (χ1) is 9.73. The molecule has 2 amide bonds. The van der Waals surface area contributed by atoms with Crippen LogP contribution in [0.5, 0.6) is 0 Å². The molecule has 1 unspecified atom stereocenters. The SMILES string of the molecule is O=C1CCC(c2ccccc2)(C2CCNCC2)C(=O)N1. The van der Waals surface area contributed by atoms with Gasteiger partial charge in [-0.25, -0.2) is 0 Å². The van der Waals surface area contributed by atoms with Crippen molar-refractivity contribution in [3.05, 3.63) is 35.9 Å². The Kier molecular flexibility index (Phi) is 3.57. The van der Waals surface area contributed by atoms with Crippen LogP contribution in [0.3, 0.4) is 0 Å². The Labute approximate surface area is 118 Å². The number of rotatable bonds is 2. The summed E-state index contributed by atoms with van der Waals surface area (Å²) in [7, 11) is 0. The van der Waals surface area contributed by atoms with Crippen LogP contribution in [-0.4, -0.2) is 24.9 Å². The average molecular weight is 272 g/mol. The molecule has 0 spiro atoms. The van der Waals surface area contributed by atoms with Crippen LogP contribution in [0.2, 0.25) is 0 Å². The van der Waals surface area contributed by atoms with Gasteiger partial charge < -0.3 is 5.32 Å². The number of carbonyl (C=O) groups excluding carboxylic acids is 2. The number of amides is 2. The summed E-state index contributed by atoms with van der Waals surface area (Å²) in [5.74, 6) is 0.0570. The van der Waals surface area contributed by atoms with Crippen molar-refractivity contribution in [3.63, 3.8) is 0 Å². The molecule has 2 saturated heterocycles. The molecule has 4 nitrogen and oxygen atoms in total. The third kappa shape index (κ3) is 2.14. The second-order valence-corrected chi connectivity index (χ2v) is 5.74. The predicted molar refractivity (Wildman–Crippen MR) is 76.1 cm³/mol. The van der Waals surface area contributed by atoms with Crippen molar-refractivity contribution in [2.75, 3.05) is 13.1 Å². The smallest absolute Gasteiger partial charge is 0.237 e. The van der Waals surface area contributed by atoms with E-state index in [2.05, 4.69) is 10.6 Å². The minimum atomic E-state index is -0.530. The van der Waals surface area contributed by atoms with Gasteiger partial charge in [0.15, 0.2) is 0 Å². The standard InChI is InChI=1S/C16H20N2O2/c19-14-6-9-16(15(20)18-14,12-4-2-1-3-5-12)13-7-10-17-11-8-13/h1-5,13,17H,6-11H2,(H,18,19,20). The van der Waals surface area contributed by atoms with Crippen molar-refractivity contribution in [2.24, 2.45) is 5.92 Å². The number of hydrogen-bond donors (Lipinski definition) is 2. The maximum Gasteiger partial charge on any atom is 0.237 e. The Morgan fingerprint density at radius 2 is 1.75 bits per heavy atom. The predicted octanol–water partition coefficient (Wildman–Crippen LogP) is 1.36. The second kappa shape index (κ2) is 5.37. The molecule has 2 aliphatic rings. The molecule has 1 atom stereocenters. The van der Waals surface area contributed by atoms with Gasteiger partial charge in [-0.15, -0.1) is 0 Å². The van der Waals surface area contributed by atoms with E-state index in [1.807, 2.05) is 30.3 Å². The zero-order valence-corrected chi connectivity index (χ0v) is 11.5. The highest BCUT2D eigenvalue weighted by Crippen LogP contribution is 2.43. The summed E-state index contributed by atoms with van der Waals surface area (Å²) in [4.78, 5) is 24.2. The fourth-order valence-corrected chi connectivity index (χ4v) is 3.68. The van der Waals surface area contributed by atoms with Gasteiger partial charge in [-0.3, -0.25) is 14.9 Å². The summed E-state index contributed by atoms with van der Waals surface area (Å²) in [6, 6.07) is 9.96. The number of benzene rings is 1. The van der Waals surface area contributed by atoms with Crippen LogP contribution in [0.1, 0.15) is 31.2 Å². The Hall–Kier alpha value is -1.68. The van der Waals surface area contributed by atoms with Crippen molar-refractivity contribution in [3.8, 4) is 0 Å². The molecule has 0 saturated carbocycles. The molecule has 1 aromatic rings. The number of nitrogens with one attached hydrogen (secondary N) is 2. The largest absolute Gasteiger partial charge is 0.317 e. The van der Waals surface area contributed by atoms with E-state index >= 15 is 0 Å². The van der Waals surface area contributed by atoms with Crippen molar-refractivity contribution in [1.82, 2.24) is 10.6 Å². The van der Waals surface area contributed by atoms with Gasteiger partial charge in [0, 0.05) is 6.42 Å². The first kappa shape index (κ1) is 13.3. The molecule has 0 aliphatic carbocycles. The first-order valence-corrected chi connectivity index (χ1v) is 7.34. The van der Waals surface area contributed by atoms with Crippen LogP contribution in [0.25, 0.3) is 0 Å². The van der Waals surface area contributed by atoms with E-state index in [9.17, 15) is 9.59 Å². The average Bonchev–Trinajstić information content (AvgIpc) is 2.50. The minimum absolute atomic E-state index is 0.105. The molecule has 2 fully saturated rings. The van der Waals surface area contributed by atoms with E-state index in [1.165, 1.54) is 0 Å². The normalized spacial score (nSPS) is 28.2. The second-order valence-electron chi connectivity index (χ2n) is 5.74. The summed E-state index contributed by atoms with van der Waals surface area (Å²) in [5.41, 5.74) is 0.522. The maximum absolute atomic E-state index is 12.7. The van der Waals surface area contributed by atoms with Gasteiger partial charge in [-0.2, -0.15) is 0 Å². The summed E-state index contributed by atoms with van der Waals surface area (Å²) in [5, 5.41) is 5.92. The van der Waals surface area contributed by atoms with Crippen molar-refractivity contribution in [1.29, 1.82) is 0 Å². The van der Waals surface area contributed by atoms with E-state index in [0.29, 0.717) is 18.8 Å². The first-order valence-electron chi connectivity index (χ1n) is 7.34. The maximum atomic E-state index is 12.7. The van der Waals surface area contributed by atoms with Crippen molar-refractivity contribution < 1.29 is 9.59 Å². The van der Waals surface area contributed by atoms with Gasteiger partial charge in [0.1, 0.15) is 0 Å². The zero-order valence-electron chi connectivity index (χ0n) is 11.5. The van der Waals surface area contributed by atoms with Gasteiger partial charge in [0.2, 0.25) is 11.8 Å². The monoisotopic (exact) mass is 272 g/mol. The van der Waals surface area contributed by atoms with Gasteiger partial charge in [-0.1, -0.05) is 30.3 Å². The topological polar surface area (TPSA) is 58.2 Å². The Morgan fingerprint density at radius 3 is 2.40 bits per heavy atom. The van der Waals surface area contributed by atoms with Crippen LogP contribution < -0.4 is 10.6 Å². The molecular weight excluding hydrogens is 252 g/mol. The molecule has 0 radical (unpaired) electrons. The van der Waals surface area contributed by atoms with Crippen LogP contribution in [0, 0.1) is 5.92 Å². The Bertz CT molecular complexity index is 508. The van der Waals surface area contributed by atoms with Gasteiger partial charge in [0.25, 0.3) is 0 Å². The molecule has 20 heavy (non-hydrogen) atoms. The Balaban J connectivity index is 2.02. The number of carbonyl (C=O) groups is 2. The molecule has 0 bridgehead atoms. The summed E-state index contributed by atoms with van der Waals surface area (Å²) < 4.78 is 0. The molecule has 2 aliphatic heterocycles. The minimum Gasteiger partial charge on any atom is -0.317 e. The third-order valence-corrected chi connectivity index (χ3v) is 4.73. The molecule has 3 rings (SSSR count). The lowest BCUT2D eigenvalue weighted by Gasteiger charge is -2.44. The number of imide groups is 1. The van der Waals surface area contributed by atoms with Gasteiger partial charge in [0.05, 0.1) is 5.41 Å². The molecule has 1 aromatic carbocycles. The lowest BCUT2D eigenvalue weighted by Crippen LogP contribution is -2.56. The lowest BCUT2D eigenvalue weighted by molar-refractivity contribution is -0.140. The molecule has 4 heteroatoms. The molecule has 0 aromatic heterocycles. The highest BCUT2D eigenvalue weighted by atomic mass is 16.2. The number of piperidine rings is 2. The fraction of sp³-hybridized carbons (Fsp3) is 0.500. The van der Waals surface area contributed by atoms with E-state index < -0.39 is 5.41 Å². The quantitative estimate of drug-likeness (QED) is 0.799. The van der Waals surface area contributed by atoms with E-state index in [1.54, 1.807) is 0 Å². The van der Waals surface area contributed by atoms with Gasteiger partial charge >= 0.3 is 0 Å². The highest BCUT2D eigenvalue weighted by Gasteiger charge is 2.49. The zero-order chi connectivity index (χ0) is 14.0. The molecule has 106 valence electrons.